The fraction of sp³-hybridized carbons (Fsp3) is 1.00. The van der Waals surface area contributed by atoms with Gasteiger partial charge >= 0.3 is 0 Å². The van der Waals surface area contributed by atoms with Crippen molar-refractivity contribution in [3.05, 3.63) is 0 Å². The minimum atomic E-state index is 0.897. The van der Waals surface area contributed by atoms with Gasteiger partial charge in [0, 0.05) is 0 Å². The Morgan fingerprint density at radius 3 is 2.44 bits per heavy atom. The molecule has 0 heterocycles. The molecule has 1 rings (SSSR count). The molecule has 0 aliphatic heterocycles. The van der Waals surface area contributed by atoms with Crippen molar-refractivity contribution in [1.29, 1.82) is 0 Å². The first-order valence-corrected chi connectivity index (χ1v) is 8.63. The highest BCUT2D eigenvalue weighted by Crippen LogP contribution is 2.38. The molecule has 1 saturated carbocycles. The lowest BCUT2D eigenvalue weighted by atomic mass is 9.72. The zero-order valence-corrected chi connectivity index (χ0v) is 13.4. The van der Waals surface area contributed by atoms with Crippen molar-refractivity contribution in [2.24, 2.45) is 23.7 Å². The van der Waals surface area contributed by atoms with Gasteiger partial charge in [0.1, 0.15) is 0 Å². The Kier molecular flexibility index (Phi) is 8.02. The first kappa shape index (κ1) is 16.1. The number of hydrogen-bond donors (Lipinski definition) is 0. The van der Waals surface area contributed by atoms with E-state index in [1.165, 1.54) is 64.2 Å². The standard InChI is InChI=1S/C18H36/c1-5-6-7-8-10-16(4)18-12-9-11-17(14-18)13-15(2)3/h15-18H,5-14H2,1-4H3. The monoisotopic (exact) mass is 252 g/mol. The Morgan fingerprint density at radius 1 is 1.00 bits per heavy atom. The summed E-state index contributed by atoms with van der Waals surface area (Å²) in [5.74, 6) is 3.97. The van der Waals surface area contributed by atoms with Crippen molar-refractivity contribution in [1.82, 2.24) is 0 Å². The van der Waals surface area contributed by atoms with Crippen LogP contribution in [-0.2, 0) is 0 Å². The number of unbranched alkanes of at least 4 members (excludes halogenated alkanes) is 3. The van der Waals surface area contributed by atoms with Crippen LogP contribution in [0.25, 0.3) is 0 Å². The molecule has 0 aromatic heterocycles. The summed E-state index contributed by atoms with van der Waals surface area (Å²) in [6.45, 7) is 9.60. The van der Waals surface area contributed by atoms with Crippen LogP contribution in [0, 0.1) is 23.7 Å². The van der Waals surface area contributed by atoms with Gasteiger partial charge in [0.2, 0.25) is 0 Å². The van der Waals surface area contributed by atoms with Crippen LogP contribution in [0.5, 0.6) is 0 Å². The van der Waals surface area contributed by atoms with E-state index >= 15 is 0 Å². The highest BCUT2D eigenvalue weighted by Gasteiger charge is 2.26. The lowest BCUT2D eigenvalue weighted by Gasteiger charge is -2.34. The van der Waals surface area contributed by atoms with E-state index in [-0.39, 0.29) is 0 Å². The van der Waals surface area contributed by atoms with E-state index < -0.39 is 0 Å². The molecule has 0 saturated heterocycles. The molecule has 0 heteroatoms. The first-order valence-electron chi connectivity index (χ1n) is 8.63. The fourth-order valence-electron chi connectivity index (χ4n) is 3.86. The van der Waals surface area contributed by atoms with Crippen molar-refractivity contribution in [3.63, 3.8) is 0 Å². The van der Waals surface area contributed by atoms with Gasteiger partial charge in [-0.1, -0.05) is 79.1 Å². The summed E-state index contributed by atoms with van der Waals surface area (Å²) in [7, 11) is 0. The van der Waals surface area contributed by atoms with Crippen LogP contribution in [0.1, 0.15) is 91.9 Å². The second-order valence-corrected chi connectivity index (χ2v) is 7.25. The predicted molar refractivity (Wildman–Crippen MR) is 82.8 cm³/mol. The maximum atomic E-state index is 2.52. The van der Waals surface area contributed by atoms with Crippen LogP contribution in [0.2, 0.25) is 0 Å². The van der Waals surface area contributed by atoms with Crippen LogP contribution >= 0.6 is 0 Å². The molecule has 108 valence electrons. The average molecular weight is 252 g/mol. The van der Waals surface area contributed by atoms with E-state index in [1.807, 2.05) is 0 Å². The zero-order valence-electron chi connectivity index (χ0n) is 13.4. The molecular weight excluding hydrogens is 216 g/mol. The summed E-state index contributed by atoms with van der Waals surface area (Å²) in [6, 6.07) is 0. The van der Waals surface area contributed by atoms with Crippen LogP contribution < -0.4 is 0 Å². The molecule has 3 atom stereocenters. The van der Waals surface area contributed by atoms with E-state index in [0.717, 1.165) is 23.7 Å². The van der Waals surface area contributed by atoms with Crippen LogP contribution in [0.15, 0.2) is 0 Å². The van der Waals surface area contributed by atoms with E-state index in [1.54, 1.807) is 0 Å². The van der Waals surface area contributed by atoms with Gasteiger partial charge in [-0.05, 0) is 36.5 Å². The molecule has 0 amide bonds. The Bertz CT molecular complexity index is 194. The maximum absolute atomic E-state index is 2.52. The van der Waals surface area contributed by atoms with Gasteiger partial charge in [-0.3, -0.25) is 0 Å². The third-order valence-electron chi connectivity index (χ3n) is 4.95. The molecule has 0 N–H and O–H groups in total. The largest absolute Gasteiger partial charge is 0.0654 e. The van der Waals surface area contributed by atoms with E-state index in [9.17, 15) is 0 Å². The van der Waals surface area contributed by atoms with Crippen LogP contribution in [-0.4, -0.2) is 0 Å². The van der Waals surface area contributed by atoms with Gasteiger partial charge in [-0.15, -0.1) is 0 Å². The molecule has 1 aliphatic rings. The minimum Gasteiger partial charge on any atom is -0.0654 e. The summed E-state index contributed by atoms with van der Waals surface area (Å²) >= 11 is 0. The van der Waals surface area contributed by atoms with E-state index in [2.05, 4.69) is 27.7 Å². The number of rotatable bonds is 8. The van der Waals surface area contributed by atoms with Crippen molar-refractivity contribution in [2.45, 2.75) is 91.9 Å². The molecule has 18 heavy (non-hydrogen) atoms. The molecule has 0 radical (unpaired) electrons. The van der Waals surface area contributed by atoms with E-state index in [0.29, 0.717) is 0 Å². The summed E-state index contributed by atoms with van der Waals surface area (Å²) < 4.78 is 0. The normalized spacial score (nSPS) is 26.5. The Labute approximate surface area is 116 Å². The molecule has 0 spiro atoms. The van der Waals surface area contributed by atoms with Crippen molar-refractivity contribution in [2.75, 3.05) is 0 Å². The lowest BCUT2D eigenvalue weighted by Crippen LogP contribution is -2.22. The Hall–Kier alpha value is 0. The van der Waals surface area contributed by atoms with Crippen LogP contribution in [0.3, 0.4) is 0 Å². The van der Waals surface area contributed by atoms with Crippen molar-refractivity contribution >= 4 is 0 Å². The predicted octanol–water partition coefficient (Wildman–Crippen LogP) is 6.45. The summed E-state index contributed by atoms with van der Waals surface area (Å²) in [5, 5.41) is 0. The molecule has 1 fully saturated rings. The molecular formula is C18H36. The van der Waals surface area contributed by atoms with Gasteiger partial charge in [-0.25, -0.2) is 0 Å². The van der Waals surface area contributed by atoms with Gasteiger partial charge < -0.3 is 0 Å². The topological polar surface area (TPSA) is 0 Å². The van der Waals surface area contributed by atoms with Crippen molar-refractivity contribution in [3.8, 4) is 0 Å². The molecule has 1 aliphatic carbocycles. The summed E-state index contributed by atoms with van der Waals surface area (Å²) in [4.78, 5) is 0. The third-order valence-corrected chi connectivity index (χ3v) is 4.95. The van der Waals surface area contributed by atoms with Gasteiger partial charge in [0.05, 0.1) is 0 Å². The SMILES string of the molecule is CCCCCCC(C)C1CCCC(CC(C)C)C1. The smallest absolute Gasteiger partial charge is 0.0386 e. The first-order chi connectivity index (χ1) is 8.63. The third kappa shape index (κ3) is 6.25. The fourth-order valence-corrected chi connectivity index (χ4v) is 3.86. The quantitative estimate of drug-likeness (QED) is 0.436. The van der Waals surface area contributed by atoms with Gasteiger partial charge in [0.15, 0.2) is 0 Å². The Morgan fingerprint density at radius 2 is 1.78 bits per heavy atom. The highest BCUT2D eigenvalue weighted by molar-refractivity contribution is 4.77. The second kappa shape index (κ2) is 8.99. The van der Waals surface area contributed by atoms with E-state index in [4.69, 9.17) is 0 Å². The molecule has 0 bridgehead atoms. The highest BCUT2D eigenvalue weighted by atomic mass is 14.3. The average Bonchev–Trinajstić information content (AvgIpc) is 2.34. The summed E-state index contributed by atoms with van der Waals surface area (Å²) in [6.07, 6.45) is 14.8. The van der Waals surface area contributed by atoms with Gasteiger partial charge in [-0.2, -0.15) is 0 Å². The molecule has 0 nitrogen and oxygen atoms in total. The molecule has 3 unspecified atom stereocenters. The van der Waals surface area contributed by atoms with Gasteiger partial charge in [0.25, 0.3) is 0 Å². The molecule has 0 aromatic rings. The number of hydrogen-bond acceptors (Lipinski definition) is 0. The summed E-state index contributed by atoms with van der Waals surface area (Å²) in [5.41, 5.74) is 0. The lowest BCUT2D eigenvalue weighted by molar-refractivity contribution is 0.178. The maximum Gasteiger partial charge on any atom is -0.0386 e. The minimum absolute atomic E-state index is 0.897. The van der Waals surface area contributed by atoms with Crippen LogP contribution in [0.4, 0.5) is 0 Å². The molecule has 0 aromatic carbocycles. The van der Waals surface area contributed by atoms with Crippen molar-refractivity contribution < 1.29 is 0 Å². The Balaban J connectivity index is 2.22. The second-order valence-electron chi connectivity index (χ2n) is 7.25. The zero-order chi connectivity index (χ0) is 13.4.